The zero-order chi connectivity index (χ0) is 49.2. The van der Waals surface area contributed by atoms with Gasteiger partial charge in [0.25, 0.3) is 5.69 Å². The largest absolute Gasteiger partial charge is 0.391 e. The average molecular weight is 946 g/mol. The fraction of sp³-hybridized carbons (Fsp3) is 0.792. The van der Waals surface area contributed by atoms with E-state index in [4.69, 9.17) is 23.8 Å². The molecule has 3 aliphatic rings. The highest BCUT2D eigenvalue weighted by Crippen LogP contribution is 2.39. The van der Waals surface area contributed by atoms with Gasteiger partial charge in [-0.3, -0.25) is 19.6 Å². The fourth-order valence-electron chi connectivity index (χ4n) is 10.1. The number of likely N-dealkylation sites (N-methyl/N-ethyl adjacent to an activating group) is 1. The predicted molar refractivity (Wildman–Crippen MR) is 250 cm³/mol. The van der Waals surface area contributed by atoms with Crippen LogP contribution in [0, 0.1) is 33.8 Å². The van der Waals surface area contributed by atoms with Crippen LogP contribution in [-0.2, 0) is 48.0 Å². The Hall–Kier alpha value is -3.50. The second kappa shape index (κ2) is 24.4. The van der Waals surface area contributed by atoms with Gasteiger partial charge < -0.3 is 54.4 Å². The van der Waals surface area contributed by atoms with E-state index in [1.54, 1.807) is 39.8 Å². The summed E-state index contributed by atoms with van der Waals surface area (Å²) in [5.74, 6) is -3.58. The normalized spacial score (nSPS) is 36.8. The van der Waals surface area contributed by atoms with E-state index in [1.807, 2.05) is 38.7 Å². The molecule has 19 nitrogen and oxygen atoms in total. The zero-order valence-electron chi connectivity index (χ0n) is 41.3. The van der Waals surface area contributed by atoms with Crippen LogP contribution in [0.25, 0.3) is 0 Å². The number of ketones is 1. The van der Waals surface area contributed by atoms with E-state index < -0.39 is 76.8 Å². The number of carbonyl (C=O) groups excluding carboxylic acids is 1. The molecular weight excluding hydrogens is 867 g/mol. The molecule has 5 N–H and O–H groups in total. The van der Waals surface area contributed by atoms with Crippen LogP contribution < -0.4 is 5.32 Å². The maximum absolute atomic E-state index is 14.5. The summed E-state index contributed by atoms with van der Waals surface area (Å²) in [5, 5.41) is 75.0. The van der Waals surface area contributed by atoms with Crippen molar-refractivity contribution in [1.29, 1.82) is 0 Å². The molecule has 67 heavy (non-hydrogen) atoms. The molecule has 1 unspecified atom stereocenters. The van der Waals surface area contributed by atoms with Gasteiger partial charge in [-0.05, 0) is 91.3 Å². The van der Waals surface area contributed by atoms with Crippen molar-refractivity contribution >= 4 is 17.2 Å². The topological polar surface area (TPSA) is 246 Å². The number of non-ortho nitro benzene ring substituents is 1. The molecule has 5 rings (SSSR count). The van der Waals surface area contributed by atoms with Crippen molar-refractivity contribution in [2.24, 2.45) is 28.8 Å². The van der Waals surface area contributed by atoms with Crippen molar-refractivity contribution in [1.82, 2.24) is 25.2 Å². The Morgan fingerprint density at radius 1 is 1.04 bits per heavy atom. The summed E-state index contributed by atoms with van der Waals surface area (Å²) in [5.41, 5.74) is -0.687. The van der Waals surface area contributed by atoms with Crippen LogP contribution >= 0.6 is 0 Å². The number of carbonyl (C=O) groups is 1. The van der Waals surface area contributed by atoms with E-state index in [2.05, 4.69) is 25.7 Å². The molecule has 3 fully saturated rings. The van der Waals surface area contributed by atoms with E-state index in [1.165, 1.54) is 26.2 Å². The number of aromatic nitrogens is 3. The van der Waals surface area contributed by atoms with Crippen LogP contribution in [0.1, 0.15) is 112 Å². The van der Waals surface area contributed by atoms with Gasteiger partial charge in [0.2, 0.25) is 0 Å². The lowest BCUT2D eigenvalue weighted by molar-refractivity contribution is -0.384. The van der Waals surface area contributed by atoms with Gasteiger partial charge in [0.05, 0.1) is 52.3 Å². The first kappa shape index (κ1) is 54.4. The second-order valence-corrected chi connectivity index (χ2v) is 19.8. The maximum Gasteiger partial charge on any atom is 0.269 e. The summed E-state index contributed by atoms with van der Waals surface area (Å²) in [7, 11) is 3.47. The Kier molecular flexibility index (Phi) is 19.8. The zero-order valence-corrected chi connectivity index (χ0v) is 41.3. The minimum Gasteiger partial charge on any atom is -0.391 e. The third-order valence-corrected chi connectivity index (χ3v) is 14.5. The molecule has 15 atom stereocenters. The Balaban J connectivity index is 1.33. The lowest BCUT2D eigenvalue weighted by Crippen LogP contribution is -2.60. The number of aliphatic hydroxyl groups is 4. The number of unbranched alkanes of at least 4 members (excludes halogenated alkanes) is 1. The summed E-state index contributed by atoms with van der Waals surface area (Å²) in [6.45, 7) is 16.7. The van der Waals surface area contributed by atoms with Gasteiger partial charge in [0.15, 0.2) is 12.6 Å². The minimum absolute atomic E-state index is 0.0799. The molecule has 3 aliphatic heterocycles. The van der Waals surface area contributed by atoms with E-state index in [-0.39, 0.29) is 42.6 Å². The Labute approximate surface area is 396 Å². The molecule has 0 saturated carbocycles. The number of rotatable bonds is 16. The number of nitro benzene ring substituents is 1. The van der Waals surface area contributed by atoms with E-state index >= 15 is 0 Å². The van der Waals surface area contributed by atoms with Crippen LogP contribution in [0.2, 0.25) is 0 Å². The monoisotopic (exact) mass is 946 g/mol. The number of nitrogens with zero attached hydrogens (tertiary/aromatic N) is 6. The van der Waals surface area contributed by atoms with Crippen molar-refractivity contribution < 1.29 is 53.9 Å². The van der Waals surface area contributed by atoms with E-state index in [0.717, 1.165) is 49.9 Å². The number of nitro groups is 1. The maximum atomic E-state index is 14.5. The number of hydrogen-bond donors (Lipinski definition) is 5. The summed E-state index contributed by atoms with van der Waals surface area (Å²) >= 11 is 0. The number of Topliss-reactive ketones (excluding diaryl/α,β-unsaturated/α-hetero) is 1. The number of methoxy groups -OCH3 is 1. The van der Waals surface area contributed by atoms with Gasteiger partial charge in [-0.1, -0.05) is 57.1 Å². The molecule has 4 heterocycles. The SMILES string of the molecule is CC[C@H]1OC(O)[C@H](C)C(=O)[C@H](C)[C@@H](O[C@@H]2O[C@H](C)C[C@H](N(C)CCc3cn(CCCCc4ccc([N+](=O)[O-])cc4)nn3)[C@H]2O)[C@](C)(OC)C[C@@H](C)/C(=N\O[C@@H]2CCCNC2)[C@H](C)[C@@H](O)[C@]1(C)O. The Bertz CT molecular complexity index is 1900. The summed E-state index contributed by atoms with van der Waals surface area (Å²) < 4.78 is 27.4. The second-order valence-electron chi connectivity index (χ2n) is 19.8. The highest BCUT2D eigenvalue weighted by molar-refractivity contribution is 5.89. The van der Waals surface area contributed by atoms with Gasteiger partial charge in [0, 0.05) is 75.3 Å². The number of piperidine rings is 1. The van der Waals surface area contributed by atoms with Gasteiger partial charge in [-0.2, -0.15) is 0 Å². The van der Waals surface area contributed by atoms with E-state index in [9.17, 15) is 35.3 Å². The molecule has 3 saturated heterocycles. The lowest BCUT2D eigenvalue weighted by Gasteiger charge is -2.48. The molecule has 0 spiro atoms. The van der Waals surface area contributed by atoms with Crippen LogP contribution in [0.15, 0.2) is 35.6 Å². The molecule has 0 radical (unpaired) electrons. The molecule has 0 aliphatic carbocycles. The van der Waals surface area contributed by atoms with Crippen molar-refractivity contribution in [2.75, 3.05) is 33.8 Å². The summed E-state index contributed by atoms with van der Waals surface area (Å²) in [6.07, 6.45) is -0.200. The number of nitrogens with one attached hydrogen (secondary N) is 1. The lowest BCUT2D eigenvalue weighted by atomic mass is 9.74. The number of ether oxygens (including phenoxy) is 4. The molecule has 0 bridgehead atoms. The summed E-state index contributed by atoms with van der Waals surface area (Å²) in [6, 6.07) is 6.25. The molecule has 2 aromatic rings. The van der Waals surface area contributed by atoms with Gasteiger partial charge in [-0.25, -0.2) is 0 Å². The third-order valence-electron chi connectivity index (χ3n) is 14.5. The average Bonchev–Trinajstić information content (AvgIpc) is 3.77. The van der Waals surface area contributed by atoms with Gasteiger partial charge >= 0.3 is 0 Å². The number of benzene rings is 1. The van der Waals surface area contributed by atoms with Crippen molar-refractivity contribution in [3.05, 3.63) is 51.8 Å². The first-order valence-corrected chi connectivity index (χ1v) is 24.3. The highest BCUT2D eigenvalue weighted by Gasteiger charge is 2.51. The Morgan fingerprint density at radius 3 is 2.40 bits per heavy atom. The smallest absolute Gasteiger partial charge is 0.269 e. The van der Waals surface area contributed by atoms with Gasteiger partial charge in [-0.15, -0.1) is 5.10 Å². The van der Waals surface area contributed by atoms with Crippen LogP contribution in [0.4, 0.5) is 5.69 Å². The van der Waals surface area contributed by atoms with Crippen molar-refractivity contribution in [2.45, 2.75) is 186 Å². The fourth-order valence-corrected chi connectivity index (χ4v) is 10.1. The third kappa shape index (κ3) is 13.9. The molecule has 1 aromatic heterocycles. The predicted octanol–water partition coefficient (Wildman–Crippen LogP) is 4.21. The number of oxime groups is 1. The van der Waals surface area contributed by atoms with Crippen LogP contribution in [0.3, 0.4) is 0 Å². The standard InChI is InChI=1S/C48H79N7O12/c1-11-39-48(8,60)43(58)31(4)40(51-67-37-16-14-22-49-27-37)29(2)26-47(7,63-10)44(32(5)41(56)33(6)45(59)65-39)66-46-42(57)38(25-30(3)64-46)53(9)24-21-35-28-54(52-50-35)23-13-12-15-34-17-19-36(20-18-34)55(61)62/h17-20,28-33,37-39,42-46,49,57-60H,11-16,21-27H2,1-10H3/b51-40+/t29-,30-,31+,32+,33-,37-,38+,39-,42-,43-,44-,45?,46+,47-,48-/m1/s1. The molecule has 0 amide bonds. The number of aryl methyl sites for hydroxylation is 2. The number of hydrogen-bond acceptors (Lipinski definition) is 17. The van der Waals surface area contributed by atoms with E-state index in [0.29, 0.717) is 38.2 Å². The molecule has 1 aromatic carbocycles. The summed E-state index contributed by atoms with van der Waals surface area (Å²) in [4.78, 5) is 33.3. The van der Waals surface area contributed by atoms with Crippen molar-refractivity contribution in [3.8, 4) is 0 Å². The minimum atomic E-state index is -1.86. The highest BCUT2D eigenvalue weighted by atomic mass is 16.7. The molecule has 378 valence electrons. The molecule has 19 heteroatoms. The first-order chi connectivity index (χ1) is 31.7. The first-order valence-electron chi connectivity index (χ1n) is 24.3. The van der Waals surface area contributed by atoms with Gasteiger partial charge in [0.1, 0.15) is 23.6 Å². The van der Waals surface area contributed by atoms with Crippen molar-refractivity contribution in [3.63, 3.8) is 0 Å². The Morgan fingerprint density at radius 2 is 1.76 bits per heavy atom. The van der Waals surface area contributed by atoms with Crippen LogP contribution in [-0.4, -0.2) is 157 Å². The molecular formula is C48H79N7O12. The number of aliphatic hydroxyl groups excluding tert-OH is 3. The van der Waals surface area contributed by atoms with Crippen LogP contribution in [0.5, 0.6) is 0 Å². The quantitative estimate of drug-likeness (QED) is 0.0899.